The van der Waals surface area contributed by atoms with Gasteiger partial charge < -0.3 is 9.80 Å². The van der Waals surface area contributed by atoms with E-state index in [0.29, 0.717) is 11.6 Å². The van der Waals surface area contributed by atoms with Gasteiger partial charge in [0.05, 0.1) is 10.7 Å². The number of rotatable bonds is 3. The summed E-state index contributed by atoms with van der Waals surface area (Å²) >= 11 is 1.91. The molecule has 6 nitrogen and oxygen atoms in total. The van der Waals surface area contributed by atoms with Gasteiger partial charge in [-0.2, -0.15) is 5.10 Å². The minimum absolute atomic E-state index is 0.0570. The van der Waals surface area contributed by atoms with Crippen LogP contribution in [-0.4, -0.2) is 56.7 Å². The van der Waals surface area contributed by atoms with Crippen LogP contribution in [0.25, 0.3) is 0 Å². The van der Waals surface area contributed by atoms with E-state index in [9.17, 15) is 4.79 Å². The second-order valence-corrected chi connectivity index (χ2v) is 9.34. The lowest BCUT2D eigenvalue weighted by molar-refractivity contribution is 0.0706. The molecule has 5 rings (SSSR count). The zero-order valence-electron chi connectivity index (χ0n) is 17.1. The lowest BCUT2D eigenvalue weighted by Crippen LogP contribution is -2.38. The fraction of sp³-hybridized carbons (Fsp3) is 0.500. The second kappa shape index (κ2) is 7.44. The first-order valence-electron chi connectivity index (χ1n) is 10.5. The van der Waals surface area contributed by atoms with Gasteiger partial charge in [0.25, 0.3) is 5.91 Å². The van der Waals surface area contributed by atoms with Crippen molar-refractivity contribution < 1.29 is 4.79 Å². The number of likely N-dealkylation sites (tertiary alicyclic amines) is 1. The van der Waals surface area contributed by atoms with Crippen LogP contribution in [0.1, 0.15) is 50.5 Å². The van der Waals surface area contributed by atoms with Crippen LogP contribution >= 0.6 is 11.3 Å². The van der Waals surface area contributed by atoms with E-state index < -0.39 is 0 Å². The number of amides is 1. The van der Waals surface area contributed by atoms with Gasteiger partial charge in [-0.05, 0) is 38.0 Å². The molecule has 0 N–H and O–H groups in total. The topological polar surface area (TPSA) is 54.3 Å². The van der Waals surface area contributed by atoms with Crippen molar-refractivity contribution in [3.8, 4) is 0 Å². The van der Waals surface area contributed by atoms with Crippen LogP contribution in [0.5, 0.6) is 0 Å². The molecule has 0 unspecified atom stereocenters. The molecule has 0 aromatic carbocycles. The SMILES string of the molecule is Cc1cc(C(=O)N2CCC(c3nc4c(s3)CCN(C3=CC=C3)CC4)CC2)nn1C. The van der Waals surface area contributed by atoms with Gasteiger partial charge in [0, 0.05) is 68.3 Å². The van der Waals surface area contributed by atoms with Gasteiger partial charge in [-0.15, -0.1) is 11.3 Å². The first-order valence-corrected chi connectivity index (χ1v) is 11.3. The van der Waals surface area contributed by atoms with Crippen LogP contribution in [0.3, 0.4) is 0 Å². The summed E-state index contributed by atoms with van der Waals surface area (Å²) in [6.45, 7) is 5.70. The van der Waals surface area contributed by atoms with Gasteiger partial charge in [0.15, 0.2) is 5.69 Å². The average Bonchev–Trinajstić information content (AvgIpc) is 3.19. The van der Waals surface area contributed by atoms with Crippen molar-refractivity contribution in [1.29, 1.82) is 0 Å². The van der Waals surface area contributed by atoms with Gasteiger partial charge in [0.2, 0.25) is 0 Å². The lowest BCUT2D eigenvalue weighted by atomic mass is 9.97. The average molecular weight is 410 g/mol. The zero-order valence-corrected chi connectivity index (χ0v) is 17.9. The van der Waals surface area contributed by atoms with Crippen LogP contribution in [0, 0.1) is 6.92 Å². The number of hydrogen-bond donors (Lipinski definition) is 0. The van der Waals surface area contributed by atoms with E-state index in [-0.39, 0.29) is 5.91 Å². The van der Waals surface area contributed by atoms with E-state index >= 15 is 0 Å². The standard InChI is InChI=1S/C22H27N5OS/c1-15-14-19(24-25(15)2)22(28)27-10-6-16(7-11-27)21-23-18-8-12-26(17-4-3-5-17)13-9-20(18)29-21/h3-5,14,16H,6-13H2,1-2H3. The molecule has 0 bridgehead atoms. The van der Waals surface area contributed by atoms with Crippen molar-refractivity contribution in [3.05, 3.63) is 57.0 Å². The third-order valence-electron chi connectivity index (χ3n) is 6.39. The molecule has 2 aromatic heterocycles. The number of hydrogen-bond acceptors (Lipinski definition) is 5. The van der Waals surface area contributed by atoms with E-state index in [1.807, 2.05) is 36.3 Å². The van der Waals surface area contributed by atoms with Gasteiger partial charge in [-0.25, -0.2) is 4.98 Å². The maximum atomic E-state index is 12.7. The molecule has 152 valence electrons. The third-order valence-corrected chi connectivity index (χ3v) is 7.71. The monoisotopic (exact) mass is 409 g/mol. The van der Waals surface area contributed by atoms with Gasteiger partial charge in [-0.3, -0.25) is 9.48 Å². The van der Waals surface area contributed by atoms with Crippen LogP contribution in [-0.2, 0) is 19.9 Å². The molecular formula is C22H27N5OS. The highest BCUT2D eigenvalue weighted by molar-refractivity contribution is 7.11. The number of aromatic nitrogens is 3. The first-order chi connectivity index (χ1) is 14.1. The predicted molar refractivity (Wildman–Crippen MR) is 114 cm³/mol. The number of carbonyl (C=O) groups excluding carboxylic acids is 1. The highest BCUT2D eigenvalue weighted by Gasteiger charge is 2.29. The minimum atomic E-state index is 0.0570. The van der Waals surface area contributed by atoms with Gasteiger partial charge in [-0.1, -0.05) is 6.08 Å². The van der Waals surface area contributed by atoms with E-state index in [1.54, 1.807) is 4.68 Å². The number of carbonyl (C=O) groups is 1. The molecule has 7 heteroatoms. The molecular weight excluding hydrogens is 382 g/mol. The summed E-state index contributed by atoms with van der Waals surface area (Å²) in [5.74, 6) is 0.538. The van der Waals surface area contributed by atoms with Crippen molar-refractivity contribution >= 4 is 17.2 Å². The number of piperidine rings is 1. The van der Waals surface area contributed by atoms with Gasteiger partial charge >= 0.3 is 0 Å². The van der Waals surface area contributed by atoms with E-state index in [0.717, 1.165) is 57.6 Å². The van der Waals surface area contributed by atoms with Crippen molar-refractivity contribution in [2.75, 3.05) is 26.2 Å². The molecule has 1 saturated heterocycles. The summed E-state index contributed by atoms with van der Waals surface area (Å²) in [7, 11) is 1.88. The number of aryl methyl sites for hydroxylation is 2. The van der Waals surface area contributed by atoms with Crippen LogP contribution < -0.4 is 0 Å². The van der Waals surface area contributed by atoms with E-state index in [4.69, 9.17) is 4.98 Å². The highest BCUT2D eigenvalue weighted by atomic mass is 32.1. The van der Waals surface area contributed by atoms with Crippen molar-refractivity contribution in [1.82, 2.24) is 24.6 Å². The Morgan fingerprint density at radius 2 is 1.93 bits per heavy atom. The Labute approximate surface area is 175 Å². The Morgan fingerprint density at radius 1 is 1.17 bits per heavy atom. The second-order valence-electron chi connectivity index (χ2n) is 8.22. The van der Waals surface area contributed by atoms with Crippen LogP contribution in [0.2, 0.25) is 0 Å². The van der Waals surface area contributed by atoms with E-state index in [1.165, 1.54) is 21.3 Å². The Kier molecular flexibility index (Phi) is 4.78. The molecule has 4 heterocycles. The van der Waals surface area contributed by atoms with Crippen molar-refractivity contribution in [2.45, 2.75) is 38.5 Å². The summed E-state index contributed by atoms with van der Waals surface area (Å²) in [5.41, 5.74) is 4.24. The Bertz CT molecular complexity index is 948. The van der Waals surface area contributed by atoms with Crippen molar-refractivity contribution in [2.24, 2.45) is 7.05 Å². The molecule has 1 amide bonds. The Balaban J connectivity index is 1.20. The largest absolute Gasteiger partial charge is 0.371 e. The summed E-state index contributed by atoms with van der Waals surface area (Å²) in [6, 6.07) is 1.88. The van der Waals surface area contributed by atoms with Gasteiger partial charge in [0.1, 0.15) is 0 Å². The molecule has 29 heavy (non-hydrogen) atoms. The molecule has 2 aliphatic heterocycles. The summed E-state index contributed by atoms with van der Waals surface area (Å²) in [6.07, 6.45) is 10.6. The maximum Gasteiger partial charge on any atom is 0.274 e. The molecule has 1 aliphatic carbocycles. The normalized spacial score (nSPS) is 19.6. The molecule has 1 fully saturated rings. The Hall–Kier alpha value is -2.41. The number of fused-ring (bicyclic) bond motifs is 1. The van der Waals surface area contributed by atoms with Crippen LogP contribution in [0.15, 0.2) is 30.0 Å². The quantitative estimate of drug-likeness (QED) is 0.782. The first kappa shape index (κ1) is 18.6. The number of nitrogens with zero attached hydrogens (tertiary/aromatic N) is 5. The summed E-state index contributed by atoms with van der Waals surface area (Å²) in [4.78, 5) is 23.7. The molecule has 0 atom stereocenters. The van der Waals surface area contributed by atoms with Crippen molar-refractivity contribution in [3.63, 3.8) is 0 Å². The third kappa shape index (κ3) is 3.52. The fourth-order valence-corrected chi connectivity index (χ4v) is 5.64. The number of thiazole rings is 1. The number of allylic oxidation sites excluding steroid dienone is 3. The van der Waals surface area contributed by atoms with E-state index in [2.05, 4.69) is 28.2 Å². The fourth-order valence-electron chi connectivity index (χ4n) is 4.37. The lowest BCUT2D eigenvalue weighted by Gasteiger charge is -2.30. The minimum Gasteiger partial charge on any atom is -0.371 e. The zero-order chi connectivity index (χ0) is 20.0. The molecule has 3 aliphatic rings. The summed E-state index contributed by atoms with van der Waals surface area (Å²) < 4.78 is 1.77. The highest BCUT2D eigenvalue weighted by Crippen LogP contribution is 2.34. The summed E-state index contributed by atoms with van der Waals surface area (Å²) in [5, 5.41) is 5.63. The van der Waals surface area contributed by atoms with Crippen LogP contribution in [0.4, 0.5) is 0 Å². The smallest absolute Gasteiger partial charge is 0.274 e. The maximum absolute atomic E-state index is 12.7. The molecule has 0 spiro atoms. The molecule has 2 aromatic rings. The molecule has 0 radical (unpaired) electrons. The molecule has 0 saturated carbocycles. The predicted octanol–water partition coefficient (Wildman–Crippen LogP) is 3.06. The Morgan fingerprint density at radius 3 is 2.59 bits per heavy atom.